The van der Waals surface area contributed by atoms with E-state index in [0.717, 1.165) is 0 Å². The molecule has 0 spiro atoms. The van der Waals surface area contributed by atoms with Crippen molar-refractivity contribution in [3.8, 4) is 0 Å². The summed E-state index contributed by atoms with van der Waals surface area (Å²) in [6.45, 7) is 1.07. The third-order valence-electron chi connectivity index (χ3n) is 2.16. The highest BCUT2D eigenvalue weighted by Crippen LogP contribution is 2.20. The van der Waals surface area contributed by atoms with Gasteiger partial charge in [0.05, 0.1) is 11.5 Å². The van der Waals surface area contributed by atoms with Gasteiger partial charge in [-0.3, -0.25) is 19.7 Å². The molecule has 8 nitrogen and oxygen atoms in total. The maximum absolute atomic E-state index is 11.3. The number of nitrogens with one attached hydrogen (secondary N) is 2. The normalized spacial score (nSPS) is 9.74. The van der Waals surface area contributed by atoms with Crippen LogP contribution in [0.3, 0.4) is 0 Å². The van der Waals surface area contributed by atoms with Crippen LogP contribution in [0.25, 0.3) is 0 Å². The number of carboxylic acids is 1. The van der Waals surface area contributed by atoms with Crippen molar-refractivity contribution < 1.29 is 19.6 Å². The van der Waals surface area contributed by atoms with Gasteiger partial charge in [0.1, 0.15) is 6.54 Å². The minimum absolute atomic E-state index is 0.0755. The predicted octanol–water partition coefficient (Wildman–Crippen LogP) is 0.516. The monoisotopic (exact) mass is 267 g/mol. The summed E-state index contributed by atoms with van der Waals surface area (Å²) >= 11 is 0. The predicted molar refractivity (Wildman–Crippen MR) is 67.0 cm³/mol. The molecule has 3 N–H and O–H groups in total. The number of aryl methyl sites for hydroxylation is 1. The summed E-state index contributed by atoms with van der Waals surface area (Å²) in [5.41, 5.74) is 1.04. The summed E-state index contributed by atoms with van der Waals surface area (Å²) in [7, 11) is 0. The van der Waals surface area contributed by atoms with E-state index in [0.29, 0.717) is 11.3 Å². The van der Waals surface area contributed by atoms with E-state index in [1.165, 1.54) is 12.1 Å². The molecule has 1 rings (SSSR count). The van der Waals surface area contributed by atoms with Gasteiger partial charge in [-0.1, -0.05) is 0 Å². The molecule has 0 bridgehead atoms. The van der Waals surface area contributed by atoms with Gasteiger partial charge in [0, 0.05) is 17.8 Å². The summed E-state index contributed by atoms with van der Waals surface area (Å²) in [5, 5.41) is 23.9. The van der Waals surface area contributed by atoms with E-state index in [9.17, 15) is 19.7 Å². The summed E-state index contributed by atoms with van der Waals surface area (Å²) in [6, 6.07) is 4.37. The van der Waals surface area contributed by atoms with Crippen LogP contribution in [-0.4, -0.2) is 35.0 Å². The van der Waals surface area contributed by atoms with Crippen molar-refractivity contribution in [3.05, 3.63) is 33.9 Å². The van der Waals surface area contributed by atoms with Gasteiger partial charge in [-0.05, 0) is 18.6 Å². The Morgan fingerprint density at radius 3 is 2.58 bits per heavy atom. The van der Waals surface area contributed by atoms with Gasteiger partial charge in [-0.15, -0.1) is 0 Å². The fourth-order valence-electron chi connectivity index (χ4n) is 1.39. The van der Waals surface area contributed by atoms with E-state index in [1.54, 1.807) is 13.0 Å². The maximum atomic E-state index is 11.3. The number of nitro benzene ring substituents is 1. The van der Waals surface area contributed by atoms with Crippen molar-refractivity contribution in [2.24, 2.45) is 0 Å². The lowest BCUT2D eigenvalue weighted by Crippen LogP contribution is -2.33. The Labute approximate surface area is 108 Å². The van der Waals surface area contributed by atoms with Gasteiger partial charge < -0.3 is 15.7 Å². The Balaban J connectivity index is 2.60. The first-order chi connectivity index (χ1) is 8.88. The number of aliphatic carboxylic acids is 1. The van der Waals surface area contributed by atoms with Crippen LogP contribution in [-0.2, 0) is 9.59 Å². The first-order valence-corrected chi connectivity index (χ1v) is 5.37. The summed E-state index contributed by atoms with van der Waals surface area (Å²) in [6.07, 6.45) is 0. The van der Waals surface area contributed by atoms with E-state index >= 15 is 0 Å². The van der Waals surface area contributed by atoms with Gasteiger partial charge in [-0.25, -0.2) is 0 Å². The summed E-state index contributed by atoms with van der Waals surface area (Å²) < 4.78 is 0. The summed E-state index contributed by atoms with van der Waals surface area (Å²) in [5.74, 6) is -1.65. The number of anilines is 1. The van der Waals surface area contributed by atoms with Gasteiger partial charge in [0.2, 0.25) is 5.91 Å². The molecule has 8 heteroatoms. The van der Waals surface area contributed by atoms with E-state index < -0.39 is 23.3 Å². The van der Waals surface area contributed by atoms with Crippen LogP contribution in [0.1, 0.15) is 5.56 Å². The minimum Gasteiger partial charge on any atom is -0.480 e. The lowest BCUT2D eigenvalue weighted by Gasteiger charge is -2.07. The average Bonchev–Trinajstić information content (AvgIpc) is 2.33. The molecule has 0 aliphatic heterocycles. The van der Waals surface area contributed by atoms with Crippen LogP contribution < -0.4 is 10.6 Å². The third-order valence-corrected chi connectivity index (χ3v) is 2.16. The standard InChI is InChI=1S/C11H13N3O5/c1-7-2-8(4-9(3-7)14(18)19)12-5-10(15)13-6-11(16)17/h2-4,12H,5-6H2,1H3,(H,13,15)(H,16,17). The number of rotatable bonds is 6. The molecular formula is C11H13N3O5. The number of nitrogens with zero attached hydrogens (tertiary/aromatic N) is 1. The Morgan fingerprint density at radius 2 is 2.00 bits per heavy atom. The number of carbonyl (C=O) groups excluding carboxylic acids is 1. The second kappa shape index (κ2) is 6.34. The highest BCUT2D eigenvalue weighted by Gasteiger charge is 2.09. The third kappa shape index (κ3) is 5.02. The molecule has 0 unspecified atom stereocenters. The van der Waals surface area contributed by atoms with Crippen LogP contribution in [0.5, 0.6) is 0 Å². The minimum atomic E-state index is -1.14. The number of hydrogen-bond donors (Lipinski definition) is 3. The molecule has 1 amide bonds. The topological polar surface area (TPSA) is 122 Å². The molecule has 0 radical (unpaired) electrons. The van der Waals surface area contributed by atoms with Gasteiger partial charge in [0.15, 0.2) is 0 Å². The quantitative estimate of drug-likeness (QED) is 0.510. The van der Waals surface area contributed by atoms with Crippen LogP contribution >= 0.6 is 0 Å². The zero-order chi connectivity index (χ0) is 14.4. The highest BCUT2D eigenvalue weighted by atomic mass is 16.6. The molecule has 0 saturated heterocycles. The molecule has 0 aliphatic rings. The van der Waals surface area contributed by atoms with Crippen LogP contribution in [0.15, 0.2) is 18.2 Å². The highest BCUT2D eigenvalue weighted by molar-refractivity contribution is 5.84. The molecule has 0 aliphatic carbocycles. The van der Waals surface area contributed by atoms with E-state index in [1.807, 2.05) is 0 Å². The lowest BCUT2D eigenvalue weighted by atomic mass is 10.2. The Hall–Kier alpha value is -2.64. The molecular weight excluding hydrogens is 254 g/mol. The van der Waals surface area contributed by atoms with E-state index in [-0.39, 0.29) is 12.2 Å². The number of amides is 1. The maximum Gasteiger partial charge on any atom is 0.322 e. The number of benzene rings is 1. The number of hydrogen-bond acceptors (Lipinski definition) is 5. The number of nitro groups is 1. The average molecular weight is 267 g/mol. The van der Waals surface area contributed by atoms with Crippen molar-refractivity contribution in [1.82, 2.24) is 5.32 Å². The number of non-ortho nitro benzene ring substituents is 1. The van der Waals surface area contributed by atoms with Crippen molar-refractivity contribution in [1.29, 1.82) is 0 Å². The first-order valence-electron chi connectivity index (χ1n) is 5.37. The van der Waals surface area contributed by atoms with Crippen LogP contribution in [0.4, 0.5) is 11.4 Å². The van der Waals surface area contributed by atoms with Crippen molar-refractivity contribution in [2.45, 2.75) is 6.92 Å². The molecule has 0 aromatic heterocycles. The largest absolute Gasteiger partial charge is 0.480 e. The van der Waals surface area contributed by atoms with Crippen molar-refractivity contribution in [2.75, 3.05) is 18.4 Å². The molecule has 0 fully saturated rings. The molecule has 0 heterocycles. The van der Waals surface area contributed by atoms with E-state index in [4.69, 9.17) is 5.11 Å². The fraction of sp³-hybridized carbons (Fsp3) is 0.273. The second-order valence-corrected chi connectivity index (χ2v) is 3.84. The molecule has 0 atom stereocenters. The molecule has 1 aromatic carbocycles. The lowest BCUT2D eigenvalue weighted by molar-refractivity contribution is -0.384. The SMILES string of the molecule is Cc1cc(NCC(=O)NCC(=O)O)cc([N+](=O)[O-])c1. The molecule has 1 aromatic rings. The fourth-order valence-corrected chi connectivity index (χ4v) is 1.39. The Kier molecular flexibility index (Phi) is 4.81. The zero-order valence-corrected chi connectivity index (χ0v) is 10.2. The zero-order valence-electron chi connectivity index (χ0n) is 10.2. The summed E-state index contributed by atoms with van der Waals surface area (Å²) in [4.78, 5) is 31.6. The van der Waals surface area contributed by atoms with Crippen LogP contribution in [0, 0.1) is 17.0 Å². The van der Waals surface area contributed by atoms with Gasteiger partial charge >= 0.3 is 5.97 Å². The molecule has 19 heavy (non-hydrogen) atoms. The Bertz CT molecular complexity index is 515. The molecule has 0 saturated carbocycles. The second-order valence-electron chi connectivity index (χ2n) is 3.84. The van der Waals surface area contributed by atoms with Crippen molar-refractivity contribution >= 4 is 23.3 Å². The first kappa shape index (κ1) is 14.4. The van der Waals surface area contributed by atoms with E-state index in [2.05, 4.69) is 10.6 Å². The van der Waals surface area contributed by atoms with Gasteiger partial charge in [-0.2, -0.15) is 0 Å². The molecule has 102 valence electrons. The number of carbonyl (C=O) groups is 2. The Morgan fingerprint density at radius 1 is 1.32 bits per heavy atom. The van der Waals surface area contributed by atoms with Crippen molar-refractivity contribution in [3.63, 3.8) is 0 Å². The smallest absolute Gasteiger partial charge is 0.322 e. The number of carboxylic acid groups (broad SMARTS) is 1. The van der Waals surface area contributed by atoms with Gasteiger partial charge in [0.25, 0.3) is 5.69 Å². The van der Waals surface area contributed by atoms with Crippen LogP contribution in [0.2, 0.25) is 0 Å².